The molecule has 5 rings (SSSR count). The maximum Gasteiger partial charge on any atom is 0.237 e. The van der Waals surface area contributed by atoms with Crippen molar-refractivity contribution in [2.45, 2.75) is 13.3 Å². The van der Waals surface area contributed by atoms with E-state index in [9.17, 15) is 4.79 Å². The van der Waals surface area contributed by atoms with Gasteiger partial charge in [0.25, 0.3) is 0 Å². The summed E-state index contributed by atoms with van der Waals surface area (Å²) in [6.45, 7) is 3.05. The monoisotopic (exact) mass is 423 g/mol. The smallest absolute Gasteiger partial charge is 0.237 e. The summed E-state index contributed by atoms with van der Waals surface area (Å²) in [7, 11) is 0. The Morgan fingerprint density at radius 1 is 1.35 bits per heavy atom. The fraction of sp³-hybridized carbons (Fsp3) is 0.318. The largest absolute Gasteiger partial charge is 0.474 e. The lowest BCUT2D eigenvalue weighted by Gasteiger charge is -2.22. The lowest BCUT2D eigenvalue weighted by molar-refractivity contribution is -0.117. The number of aliphatic hydroxyl groups excluding tert-OH is 1. The fourth-order valence-corrected chi connectivity index (χ4v) is 4.04. The molecule has 160 valence electrons. The van der Waals surface area contributed by atoms with Crippen LogP contribution in [0.1, 0.15) is 12.0 Å². The van der Waals surface area contributed by atoms with Gasteiger partial charge in [0.15, 0.2) is 5.82 Å². The van der Waals surface area contributed by atoms with E-state index in [1.165, 1.54) is 6.20 Å². The number of nitrogens with one attached hydrogen (secondary N) is 2. The minimum absolute atomic E-state index is 0.00350. The van der Waals surface area contributed by atoms with Crippen LogP contribution in [0.2, 0.25) is 0 Å². The lowest BCUT2D eigenvalue weighted by atomic mass is 9.97. The Morgan fingerprint density at radius 3 is 2.97 bits per heavy atom. The highest BCUT2D eigenvalue weighted by Gasteiger charge is 2.42. The number of carbonyl (C=O) groups excluding carboxylic acids is 1. The quantitative estimate of drug-likeness (QED) is 0.476. The van der Waals surface area contributed by atoms with Gasteiger partial charge < -0.3 is 26.2 Å². The van der Waals surface area contributed by atoms with Gasteiger partial charge in [0, 0.05) is 48.0 Å². The van der Waals surface area contributed by atoms with E-state index in [1.807, 2.05) is 6.92 Å². The van der Waals surface area contributed by atoms with Crippen LogP contribution in [0.25, 0.3) is 21.9 Å². The van der Waals surface area contributed by atoms with Gasteiger partial charge in [-0.05, 0) is 42.3 Å². The number of nitrogens with zero attached hydrogens (tertiary/aromatic N) is 2. The number of hydrogen-bond acceptors (Lipinski definition) is 7. The van der Waals surface area contributed by atoms with Crippen molar-refractivity contribution >= 4 is 33.9 Å². The Bertz CT molecular complexity index is 1220. The third-order valence-electron chi connectivity index (χ3n) is 5.98. The molecule has 2 aliphatic rings. The SMILES string of the molecule is Cc1c(-c2cc3cc(NC(=O)[C@H]4C[C@H]4CO)ncc3c(N)c2F)cnc2c1NCCO2. The van der Waals surface area contributed by atoms with Crippen LogP contribution in [0.5, 0.6) is 5.88 Å². The Morgan fingerprint density at radius 2 is 2.19 bits per heavy atom. The minimum Gasteiger partial charge on any atom is -0.474 e. The predicted octanol–water partition coefficient (Wildman–Crippen LogP) is 2.70. The molecule has 2 aromatic heterocycles. The summed E-state index contributed by atoms with van der Waals surface area (Å²) in [5.74, 6) is -0.0619. The average Bonchev–Trinajstić information content (AvgIpc) is 3.57. The van der Waals surface area contributed by atoms with Crippen molar-refractivity contribution in [3.05, 3.63) is 35.9 Å². The number of nitrogen functional groups attached to an aromatic ring is 1. The van der Waals surface area contributed by atoms with Gasteiger partial charge in [-0.15, -0.1) is 0 Å². The van der Waals surface area contributed by atoms with Crippen molar-refractivity contribution < 1.29 is 19.0 Å². The first-order valence-electron chi connectivity index (χ1n) is 10.1. The number of hydrogen-bond donors (Lipinski definition) is 4. The average molecular weight is 423 g/mol. The first kappa shape index (κ1) is 19.5. The van der Waals surface area contributed by atoms with Crippen LogP contribution in [0, 0.1) is 24.6 Å². The highest BCUT2D eigenvalue weighted by atomic mass is 19.1. The van der Waals surface area contributed by atoms with Crippen molar-refractivity contribution in [1.29, 1.82) is 0 Å². The Labute approximate surface area is 177 Å². The number of halogens is 1. The first-order chi connectivity index (χ1) is 15.0. The van der Waals surface area contributed by atoms with E-state index in [0.717, 1.165) is 11.3 Å². The van der Waals surface area contributed by atoms with Crippen LogP contribution in [0.3, 0.4) is 0 Å². The van der Waals surface area contributed by atoms with E-state index in [4.69, 9.17) is 15.6 Å². The summed E-state index contributed by atoms with van der Waals surface area (Å²) in [4.78, 5) is 20.8. The van der Waals surface area contributed by atoms with E-state index < -0.39 is 5.82 Å². The Balaban J connectivity index is 1.55. The number of fused-ring (bicyclic) bond motifs is 2. The maximum absolute atomic E-state index is 15.2. The molecule has 0 saturated heterocycles. The summed E-state index contributed by atoms with van der Waals surface area (Å²) < 4.78 is 20.8. The molecule has 2 atom stereocenters. The van der Waals surface area contributed by atoms with Gasteiger partial charge in [0.05, 0.1) is 5.69 Å². The van der Waals surface area contributed by atoms with Gasteiger partial charge in [-0.2, -0.15) is 0 Å². The molecule has 3 heterocycles. The molecule has 1 aliphatic carbocycles. The second-order valence-electron chi connectivity index (χ2n) is 7.97. The van der Waals surface area contributed by atoms with Crippen LogP contribution in [0.4, 0.5) is 21.6 Å². The number of amides is 1. The topological polar surface area (TPSA) is 122 Å². The molecule has 0 spiro atoms. The number of benzene rings is 1. The molecule has 1 fully saturated rings. The fourth-order valence-electron chi connectivity index (χ4n) is 4.04. The molecule has 9 heteroatoms. The van der Waals surface area contributed by atoms with Crippen LogP contribution in [-0.4, -0.2) is 40.7 Å². The summed E-state index contributed by atoms with van der Waals surface area (Å²) >= 11 is 0. The molecule has 0 unspecified atom stereocenters. The summed E-state index contributed by atoms with van der Waals surface area (Å²) in [5.41, 5.74) is 8.56. The molecule has 1 aromatic carbocycles. The normalized spacial score (nSPS) is 19.3. The predicted molar refractivity (Wildman–Crippen MR) is 115 cm³/mol. The highest BCUT2D eigenvalue weighted by Crippen LogP contribution is 2.40. The number of aromatic nitrogens is 2. The standard InChI is InChI=1S/C22H22FN5O3/c1-10-15(7-27-22-20(10)25-2-3-31-22)14-4-11-6-17(26-8-16(11)19(24)18(14)23)28-21(30)13-5-12(13)9-29/h4,6-8,12-13,25,29H,2-3,5,9,24H2,1H3,(H,26,28,30)/t12-,13-/m0/s1. The molecule has 0 radical (unpaired) electrons. The molecular weight excluding hydrogens is 401 g/mol. The minimum atomic E-state index is -0.545. The lowest BCUT2D eigenvalue weighted by Crippen LogP contribution is -2.20. The Kier molecular flexibility index (Phi) is 4.62. The number of rotatable bonds is 4. The second-order valence-corrected chi connectivity index (χ2v) is 7.97. The highest BCUT2D eigenvalue weighted by molar-refractivity contribution is 6.00. The van der Waals surface area contributed by atoms with Gasteiger partial charge in [0.2, 0.25) is 11.8 Å². The van der Waals surface area contributed by atoms with E-state index in [-0.39, 0.29) is 30.0 Å². The molecule has 5 N–H and O–H groups in total. The third-order valence-corrected chi connectivity index (χ3v) is 5.98. The number of aliphatic hydroxyl groups is 1. The van der Waals surface area contributed by atoms with Gasteiger partial charge in [-0.1, -0.05) is 0 Å². The number of carbonyl (C=O) groups is 1. The van der Waals surface area contributed by atoms with Crippen LogP contribution in [0.15, 0.2) is 24.5 Å². The van der Waals surface area contributed by atoms with E-state index >= 15 is 4.39 Å². The van der Waals surface area contributed by atoms with Crippen molar-refractivity contribution in [2.24, 2.45) is 11.8 Å². The molecule has 1 aliphatic heterocycles. The zero-order chi connectivity index (χ0) is 21.7. The van der Waals surface area contributed by atoms with E-state index in [2.05, 4.69) is 20.6 Å². The zero-order valence-electron chi connectivity index (χ0n) is 16.9. The molecule has 0 bridgehead atoms. The zero-order valence-corrected chi connectivity index (χ0v) is 16.9. The Hall–Kier alpha value is -3.46. The summed E-state index contributed by atoms with van der Waals surface area (Å²) in [6, 6.07) is 3.36. The molecular formula is C22H22FN5O3. The summed E-state index contributed by atoms with van der Waals surface area (Å²) in [6.07, 6.45) is 3.70. The van der Waals surface area contributed by atoms with Gasteiger partial charge >= 0.3 is 0 Å². The van der Waals surface area contributed by atoms with E-state index in [0.29, 0.717) is 53.2 Å². The second kappa shape index (κ2) is 7.35. The molecule has 8 nitrogen and oxygen atoms in total. The van der Waals surface area contributed by atoms with Gasteiger partial charge in [0.1, 0.15) is 18.1 Å². The van der Waals surface area contributed by atoms with Crippen LogP contribution < -0.4 is 21.1 Å². The molecule has 1 saturated carbocycles. The number of ether oxygens (including phenoxy) is 1. The van der Waals surface area contributed by atoms with Crippen molar-refractivity contribution in [2.75, 3.05) is 36.1 Å². The first-order valence-corrected chi connectivity index (χ1v) is 10.1. The van der Waals surface area contributed by atoms with Crippen LogP contribution >= 0.6 is 0 Å². The van der Waals surface area contributed by atoms with Gasteiger partial charge in [-0.25, -0.2) is 14.4 Å². The van der Waals surface area contributed by atoms with Crippen molar-refractivity contribution in [1.82, 2.24) is 9.97 Å². The van der Waals surface area contributed by atoms with Crippen molar-refractivity contribution in [3.63, 3.8) is 0 Å². The third kappa shape index (κ3) is 3.31. The maximum atomic E-state index is 15.2. The molecule has 1 amide bonds. The van der Waals surface area contributed by atoms with Crippen LogP contribution in [-0.2, 0) is 4.79 Å². The van der Waals surface area contributed by atoms with E-state index in [1.54, 1.807) is 18.3 Å². The molecule has 3 aromatic rings. The van der Waals surface area contributed by atoms with Gasteiger partial charge in [-0.3, -0.25) is 4.79 Å². The number of pyridine rings is 2. The van der Waals surface area contributed by atoms with Crippen molar-refractivity contribution in [3.8, 4) is 17.0 Å². The summed E-state index contributed by atoms with van der Waals surface area (Å²) in [5, 5.41) is 16.3. The molecule has 31 heavy (non-hydrogen) atoms. The number of anilines is 3. The number of nitrogens with two attached hydrogens (primary N) is 1.